The summed E-state index contributed by atoms with van der Waals surface area (Å²) in [6.45, 7) is 4.50. The van der Waals surface area contributed by atoms with Crippen molar-refractivity contribution in [1.82, 2.24) is 5.43 Å². The van der Waals surface area contributed by atoms with Gasteiger partial charge in [0.2, 0.25) is 0 Å². The normalized spacial score (nSPS) is 15.7. The number of fused-ring (bicyclic) bond motifs is 1. The van der Waals surface area contributed by atoms with Crippen molar-refractivity contribution in [2.45, 2.75) is 26.4 Å². The molecule has 25 heavy (non-hydrogen) atoms. The molecule has 2 aromatic carbocycles. The Labute approximate surface area is 151 Å². The van der Waals surface area contributed by atoms with Gasteiger partial charge in [0.15, 0.2) is 0 Å². The van der Waals surface area contributed by atoms with Crippen LogP contribution in [0.25, 0.3) is 0 Å². The quantitative estimate of drug-likeness (QED) is 0.652. The van der Waals surface area contributed by atoms with Crippen LogP contribution in [0, 0.1) is 0 Å². The summed E-state index contributed by atoms with van der Waals surface area (Å²) in [7, 11) is 0. The van der Waals surface area contributed by atoms with Crippen molar-refractivity contribution in [3.63, 3.8) is 0 Å². The molecule has 0 aromatic heterocycles. The third-order valence-electron chi connectivity index (χ3n) is 3.80. The van der Waals surface area contributed by atoms with Crippen LogP contribution in [0.4, 0.5) is 0 Å². The smallest absolute Gasteiger partial charge is 0.271 e. The molecule has 0 radical (unpaired) electrons. The summed E-state index contributed by atoms with van der Waals surface area (Å²) in [4.78, 5) is 12.1. The first-order chi connectivity index (χ1) is 12.1. The van der Waals surface area contributed by atoms with Crippen molar-refractivity contribution in [1.29, 1.82) is 0 Å². The summed E-state index contributed by atoms with van der Waals surface area (Å²) in [6, 6.07) is 10.5. The molecule has 0 saturated heterocycles. The lowest BCUT2D eigenvalue weighted by atomic mass is 10.1. The number of ether oxygens (including phenoxy) is 2. The third kappa shape index (κ3) is 4.12. The number of amides is 1. The number of nitrogens with one attached hydrogen (secondary N) is 1. The van der Waals surface area contributed by atoms with Gasteiger partial charge in [-0.3, -0.25) is 4.79 Å². The second-order valence-electron chi connectivity index (χ2n) is 5.77. The van der Waals surface area contributed by atoms with Gasteiger partial charge < -0.3 is 9.47 Å². The molecule has 0 saturated carbocycles. The molecule has 1 aliphatic rings. The molecule has 0 spiro atoms. The van der Waals surface area contributed by atoms with E-state index < -0.39 is 0 Å². The van der Waals surface area contributed by atoms with Crippen molar-refractivity contribution < 1.29 is 14.3 Å². The molecule has 5 nitrogen and oxygen atoms in total. The van der Waals surface area contributed by atoms with Gasteiger partial charge in [0.05, 0.1) is 12.8 Å². The first-order valence-electron chi connectivity index (χ1n) is 8.12. The van der Waals surface area contributed by atoms with Crippen molar-refractivity contribution in [3.05, 3.63) is 58.1 Å². The molecule has 3 rings (SSSR count). The van der Waals surface area contributed by atoms with Gasteiger partial charge in [-0.2, -0.15) is 5.10 Å². The van der Waals surface area contributed by atoms with Crippen LogP contribution in [0.5, 0.6) is 11.5 Å². The SMILES string of the molecule is CCOc1cc2c(cc1/C=N\NC(=O)c1ccc(Cl)cc1)O[C@@H](C)C2. The second-order valence-corrected chi connectivity index (χ2v) is 6.21. The number of benzene rings is 2. The minimum absolute atomic E-state index is 0.154. The Kier molecular flexibility index (Phi) is 5.24. The fourth-order valence-electron chi connectivity index (χ4n) is 2.66. The molecule has 0 bridgehead atoms. The summed E-state index contributed by atoms with van der Waals surface area (Å²) in [6.07, 6.45) is 2.58. The number of hydrogen-bond donors (Lipinski definition) is 1. The fraction of sp³-hybridized carbons (Fsp3) is 0.263. The fourth-order valence-corrected chi connectivity index (χ4v) is 2.79. The van der Waals surface area contributed by atoms with Gasteiger partial charge in [-0.1, -0.05) is 11.6 Å². The monoisotopic (exact) mass is 358 g/mol. The molecule has 0 aliphatic carbocycles. The molecule has 1 amide bonds. The van der Waals surface area contributed by atoms with Crippen molar-refractivity contribution in [2.24, 2.45) is 5.10 Å². The van der Waals surface area contributed by atoms with Gasteiger partial charge in [-0.25, -0.2) is 5.43 Å². The molecule has 1 N–H and O–H groups in total. The van der Waals surface area contributed by atoms with Crippen LogP contribution in [0.2, 0.25) is 5.02 Å². The Morgan fingerprint density at radius 2 is 2.16 bits per heavy atom. The zero-order chi connectivity index (χ0) is 17.8. The molecule has 1 heterocycles. The number of carbonyl (C=O) groups is 1. The van der Waals surface area contributed by atoms with E-state index in [-0.39, 0.29) is 12.0 Å². The third-order valence-corrected chi connectivity index (χ3v) is 4.06. The molecule has 6 heteroatoms. The topological polar surface area (TPSA) is 59.9 Å². The summed E-state index contributed by atoms with van der Waals surface area (Å²) in [5.41, 5.74) is 4.87. The summed E-state index contributed by atoms with van der Waals surface area (Å²) < 4.78 is 11.5. The maximum absolute atomic E-state index is 12.1. The lowest BCUT2D eigenvalue weighted by Gasteiger charge is -2.09. The average Bonchev–Trinajstić information content (AvgIpc) is 2.94. The zero-order valence-electron chi connectivity index (χ0n) is 14.1. The highest BCUT2D eigenvalue weighted by molar-refractivity contribution is 6.30. The Bertz CT molecular complexity index is 803. The first-order valence-corrected chi connectivity index (χ1v) is 8.50. The van der Waals surface area contributed by atoms with E-state index in [1.807, 2.05) is 26.0 Å². The number of halogens is 1. The van der Waals surface area contributed by atoms with E-state index in [2.05, 4.69) is 10.5 Å². The first kappa shape index (κ1) is 17.3. The van der Waals surface area contributed by atoms with E-state index in [9.17, 15) is 4.79 Å². The molecule has 130 valence electrons. The maximum atomic E-state index is 12.1. The van der Waals surface area contributed by atoms with Gasteiger partial charge in [-0.15, -0.1) is 0 Å². The number of nitrogens with zero attached hydrogens (tertiary/aromatic N) is 1. The molecule has 1 aliphatic heterocycles. The highest BCUT2D eigenvalue weighted by atomic mass is 35.5. The number of hydrogen-bond acceptors (Lipinski definition) is 4. The molecular weight excluding hydrogens is 340 g/mol. The minimum atomic E-state index is -0.308. The van der Waals surface area contributed by atoms with Gasteiger partial charge in [0.25, 0.3) is 5.91 Å². The largest absolute Gasteiger partial charge is 0.493 e. The van der Waals surface area contributed by atoms with E-state index in [1.54, 1.807) is 30.5 Å². The Morgan fingerprint density at radius 1 is 1.40 bits per heavy atom. The Morgan fingerprint density at radius 3 is 2.88 bits per heavy atom. The molecular formula is C19H19ClN2O3. The number of hydrazone groups is 1. The maximum Gasteiger partial charge on any atom is 0.271 e. The number of rotatable bonds is 5. The van der Waals surface area contributed by atoms with Crippen LogP contribution in [-0.2, 0) is 6.42 Å². The van der Waals surface area contributed by atoms with Crippen molar-refractivity contribution >= 4 is 23.7 Å². The molecule has 0 unspecified atom stereocenters. The molecule has 1 atom stereocenters. The van der Waals surface area contributed by atoms with E-state index >= 15 is 0 Å². The highest BCUT2D eigenvalue weighted by Gasteiger charge is 2.21. The predicted octanol–water partition coefficient (Wildman–Crippen LogP) is 3.83. The molecule has 0 fully saturated rings. The molecule has 2 aromatic rings. The van der Waals surface area contributed by atoms with E-state index in [1.165, 1.54) is 0 Å². The lowest BCUT2D eigenvalue weighted by Crippen LogP contribution is -2.17. The predicted molar refractivity (Wildman–Crippen MR) is 97.9 cm³/mol. The van der Waals surface area contributed by atoms with Crippen molar-refractivity contribution in [3.8, 4) is 11.5 Å². The highest BCUT2D eigenvalue weighted by Crippen LogP contribution is 2.34. The van der Waals surface area contributed by atoms with Crippen LogP contribution in [-0.4, -0.2) is 24.8 Å². The second kappa shape index (κ2) is 7.57. The lowest BCUT2D eigenvalue weighted by molar-refractivity contribution is 0.0955. The average molecular weight is 359 g/mol. The standard InChI is InChI=1S/C19H19ClN2O3/c1-3-24-17-9-14-8-12(2)25-18(14)10-15(17)11-21-22-19(23)13-4-6-16(20)7-5-13/h4-7,9-12H,3,8H2,1-2H3,(H,22,23)/b21-11-/t12-/m0/s1. The zero-order valence-corrected chi connectivity index (χ0v) is 14.8. The Hall–Kier alpha value is -2.53. The van der Waals surface area contributed by atoms with Crippen LogP contribution in [0.1, 0.15) is 35.3 Å². The Balaban J connectivity index is 1.75. The summed E-state index contributed by atoms with van der Waals surface area (Å²) in [5, 5.41) is 4.61. The van der Waals surface area contributed by atoms with Crippen molar-refractivity contribution in [2.75, 3.05) is 6.61 Å². The van der Waals surface area contributed by atoms with Crippen LogP contribution < -0.4 is 14.9 Å². The van der Waals surface area contributed by atoms with Crippen LogP contribution >= 0.6 is 11.6 Å². The van der Waals surface area contributed by atoms with Gasteiger partial charge in [-0.05, 0) is 50.2 Å². The van der Waals surface area contributed by atoms with Gasteiger partial charge in [0, 0.05) is 28.1 Å². The van der Waals surface area contributed by atoms with E-state index in [0.717, 1.165) is 29.0 Å². The van der Waals surface area contributed by atoms with Crippen LogP contribution in [0.3, 0.4) is 0 Å². The van der Waals surface area contributed by atoms with Gasteiger partial charge in [0.1, 0.15) is 17.6 Å². The van der Waals surface area contributed by atoms with E-state index in [0.29, 0.717) is 17.2 Å². The van der Waals surface area contributed by atoms with Gasteiger partial charge >= 0.3 is 0 Å². The van der Waals surface area contributed by atoms with E-state index in [4.69, 9.17) is 21.1 Å². The minimum Gasteiger partial charge on any atom is -0.493 e. The summed E-state index contributed by atoms with van der Waals surface area (Å²) >= 11 is 5.82. The number of carbonyl (C=O) groups excluding carboxylic acids is 1. The summed E-state index contributed by atoms with van der Waals surface area (Å²) in [5.74, 6) is 1.25. The van der Waals surface area contributed by atoms with Crippen LogP contribution in [0.15, 0.2) is 41.5 Å².